The zero-order chi connectivity index (χ0) is 15.6. The number of aromatic nitrogens is 2. The Balaban J connectivity index is 2.27. The molecule has 1 aromatic heterocycles. The Labute approximate surface area is 124 Å². The number of carbonyl (C=O) groups excluding carboxylic acids is 1. The number of benzene rings is 1. The number of nitrogens with zero attached hydrogens (tertiary/aromatic N) is 1. The maximum atomic E-state index is 11.2. The van der Waals surface area contributed by atoms with Crippen LogP contribution in [0.1, 0.15) is 32.3 Å². The molecular weight excluding hydrogens is 266 g/mol. The molecule has 1 heterocycles. The van der Waals surface area contributed by atoms with E-state index in [1.54, 1.807) is 0 Å². The van der Waals surface area contributed by atoms with Gasteiger partial charge in [-0.2, -0.15) is 0 Å². The molecule has 0 radical (unpaired) electrons. The van der Waals surface area contributed by atoms with Crippen LogP contribution in [0.5, 0.6) is 0 Å². The lowest BCUT2D eigenvalue weighted by Gasteiger charge is -2.14. The van der Waals surface area contributed by atoms with Gasteiger partial charge < -0.3 is 9.72 Å². The summed E-state index contributed by atoms with van der Waals surface area (Å²) >= 11 is 0. The number of rotatable bonds is 2. The predicted molar refractivity (Wildman–Crippen MR) is 83.5 cm³/mol. The van der Waals surface area contributed by atoms with Crippen LogP contribution in [0.4, 0.5) is 10.5 Å². The van der Waals surface area contributed by atoms with Crippen LogP contribution >= 0.6 is 0 Å². The molecule has 0 bridgehead atoms. The fraction of sp³-hybridized carbons (Fsp3) is 0.375. The van der Waals surface area contributed by atoms with E-state index in [1.807, 2.05) is 31.2 Å². The van der Waals surface area contributed by atoms with E-state index in [1.165, 1.54) is 7.11 Å². The van der Waals surface area contributed by atoms with Gasteiger partial charge in [-0.3, -0.25) is 5.32 Å². The number of amides is 1. The first kappa shape index (κ1) is 15.1. The van der Waals surface area contributed by atoms with E-state index in [4.69, 9.17) is 4.98 Å². The molecule has 5 heteroatoms. The van der Waals surface area contributed by atoms with Crippen LogP contribution in [0, 0.1) is 6.92 Å². The topological polar surface area (TPSA) is 67.0 Å². The minimum atomic E-state index is -0.478. The van der Waals surface area contributed by atoms with Crippen molar-refractivity contribution in [2.45, 2.75) is 33.1 Å². The van der Waals surface area contributed by atoms with Gasteiger partial charge in [-0.1, -0.05) is 32.9 Å². The second-order valence-electron chi connectivity index (χ2n) is 6.00. The van der Waals surface area contributed by atoms with Crippen molar-refractivity contribution in [1.29, 1.82) is 0 Å². The Morgan fingerprint density at radius 2 is 1.86 bits per heavy atom. The molecular formula is C16H21N3O2. The van der Waals surface area contributed by atoms with Gasteiger partial charge in [-0.15, -0.1) is 0 Å². The summed E-state index contributed by atoms with van der Waals surface area (Å²) in [6, 6.07) is 7.52. The largest absolute Gasteiger partial charge is 0.453 e. The van der Waals surface area contributed by atoms with Crippen molar-refractivity contribution in [3.63, 3.8) is 0 Å². The van der Waals surface area contributed by atoms with Crippen molar-refractivity contribution in [2.75, 3.05) is 12.4 Å². The number of anilines is 1. The lowest BCUT2D eigenvalue weighted by Crippen LogP contribution is -2.13. The molecule has 0 saturated heterocycles. The van der Waals surface area contributed by atoms with Gasteiger partial charge in [0.2, 0.25) is 0 Å². The van der Waals surface area contributed by atoms with Gasteiger partial charge in [0.1, 0.15) is 5.82 Å². The summed E-state index contributed by atoms with van der Waals surface area (Å²) in [4.78, 5) is 19.2. The van der Waals surface area contributed by atoms with Crippen LogP contribution in [0.2, 0.25) is 0 Å². The molecule has 0 atom stereocenters. The van der Waals surface area contributed by atoms with Crippen LogP contribution in [-0.2, 0) is 10.2 Å². The minimum absolute atomic E-state index is 0.0185. The Hall–Kier alpha value is -2.30. The summed E-state index contributed by atoms with van der Waals surface area (Å²) in [6.45, 7) is 8.38. The van der Waals surface area contributed by atoms with Crippen LogP contribution in [0.3, 0.4) is 0 Å². The molecule has 0 aliphatic carbocycles. The van der Waals surface area contributed by atoms with E-state index in [0.717, 1.165) is 22.8 Å². The molecule has 0 aliphatic rings. The van der Waals surface area contributed by atoms with Crippen LogP contribution in [-0.4, -0.2) is 23.2 Å². The van der Waals surface area contributed by atoms with Gasteiger partial charge in [0.15, 0.2) is 0 Å². The third-order valence-electron chi connectivity index (χ3n) is 3.19. The second-order valence-corrected chi connectivity index (χ2v) is 6.00. The number of carbonyl (C=O) groups is 1. The highest BCUT2D eigenvalue weighted by atomic mass is 16.5. The predicted octanol–water partition coefficient (Wildman–Crippen LogP) is 3.86. The molecule has 21 heavy (non-hydrogen) atoms. The number of hydrogen-bond donors (Lipinski definition) is 2. The van der Waals surface area contributed by atoms with Crippen molar-refractivity contribution in [3.05, 3.63) is 35.8 Å². The van der Waals surface area contributed by atoms with E-state index < -0.39 is 6.09 Å². The number of nitrogens with one attached hydrogen (secondary N) is 2. The molecule has 0 spiro atoms. The van der Waals surface area contributed by atoms with E-state index >= 15 is 0 Å². The van der Waals surface area contributed by atoms with Crippen molar-refractivity contribution >= 4 is 11.8 Å². The van der Waals surface area contributed by atoms with Crippen LogP contribution in [0.15, 0.2) is 24.3 Å². The second kappa shape index (κ2) is 5.60. The van der Waals surface area contributed by atoms with Crippen molar-refractivity contribution in [3.8, 4) is 11.3 Å². The number of H-pyrrole nitrogens is 1. The van der Waals surface area contributed by atoms with Crippen molar-refractivity contribution in [1.82, 2.24) is 9.97 Å². The first-order valence-corrected chi connectivity index (χ1v) is 6.84. The number of hydrogen-bond acceptors (Lipinski definition) is 3. The maximum absolute atomic E-state index is 11.2. The van der Waals surface area contributed by atoms with Crippen LogP contribution < -0.4 is 5.32 Å². The summed E-state index contributed by atoms with van der Waals surface area (Å²) in [5, 5.41) is 2.62. The quantitative estimate of drug-likeness (QED) is 0.881. The number of aromatic amines is 1. The molecule has 1 amide bonds. The average molecular weight is 287 g/mol. The van der Waals surface area contributed by atoms with E-state index in [0.29, 0.717) is 5.69 Å². The van der Waals surface area contributed by atoms with Crippen molar-refractivity contribution < 1.29 is 9.53 Å². The smallest absolute Gasteiger partial charge is 0.411 e. The molecule has 5 nitrogen and oxygen atoms in total. The fourth-order valence-corrected chi connectivity index (χ4v) is 1.98. The number of aryl methyl sites for hydroxylation is 1. The first-order chi connectivity index (χ1) is 9.81. The molecule has 0 aliphatic heterocycles. The Bertz CT molecular complexity index is 637. The van der Waals surface area contributed by atoms with Gasteiger partial charge in [0.25, 0.3) is 0 Å². The van der Waals surface area contributed by atoms with Crippen molar-refractivity contribution in [2.24, 2.45) is 0 Å². The van der Waals surface area contributed by atoms with Gasteiger partial charge in [-0.05, 0) is 19.1 Å². The number of ether oxygens (including phenoxy) is 1. The zero-order valence-corrected chi connectivity index (χ0v) is 13.1. The standard InChI is InChI=1S/C16H21N3O2/c1-10-13(19-14(17-10)16(2,3)4)11-6-8-12(9-7-11)18-15(20)21-5/h6-9H,1-5H3,(H,17,19)(H,18,20). The first-order valence-electron chi connectivity index (χ1n) is 6.84. The molecule has 112 valence electrons. The monoisotopic (exact) mass is 287 g/mol. The summed E-state index contributed by atoms with van der Waals surface area (Å²) < 4.78 is 4.56. The molecule has 2 rings (SSSR count). The summed E-state index contributed by atoms with van der Waals surface area (Å²) in [7, 11) is 1.34. The Kier molecular flexibility index (Phi) is 4.02. The average Bonchev–Trinajstić information content (AvgIpc) is 2.81. The highest BCUT2D eigenvalue weighted by Crippen LogP contribution is 2.27. The fourth-order valence-electron chi connectivity index (χ4n) is 1.98. The lowest BCUT2D eigenvalue weighted by atomic mass is 9.96. The van der Waals surface area contributed by atoms with E-state index in [2.05, 4.69) is 35.8 Å². The summed E-state index contributed by atoms with van der Waals surface area (Å²) in [6.07, 6.45) is -0.478. The SMILES string of the molecule is COC(=O)Nc1ccc(-c2nc(C(C)(C)C)[nH]c2C)cc1. The summed E-state index contributed by atoms with van der Waals surface area (Å²) in [5.74, 6) is 0.965. The summed E-state index contributed by atoms with van der Waals surface area (Å²) in [5.41, 5.74) is 3.65. The van der Waals surface area contributed by atoms with E-state index in [9.17, 15) is 4.79 Å². The van der Waals surface area contributed by atoms with Crippen LogP contribution in [0.25, 0.3) is 11.3 Å². The van der Waals surface area contributed by atoms with Gasteiger partial charge in [-0.25, -0.2) is 9.78 Å². The Morgan fingerprint density at radius 1 is 1.24 bits per heavy atom. The number of methoxy groups -OCH3 is 1. The van der Waals surface area contributed by atoms with Gasteiger partial charge in [0.05, 0.1) is 12.8 Å². The molecule has 0 unspecified atom stereocenters. The maximum Gasteiger partial charge on any atom is 0.411 e. The number of imidazole rings is 1. The van der Waals surface area contributed by atoms with E-state index in [-0.39, 0.29) is 5.41 Å². The molecule has 2 N–H and O–H groups in total. The molecule has 1 aromatic carbocycles. The highest BCUT2D eigenvalue weighted by molar-refractivity contribution is 5.84. The minimum Gasteiger partial charge on any atom is -0.453 e. The third kappa shape index (κ3) is 3.42. The normalized spacial score (nSPS) is 11.3. The van der Waals surface area contributed by atoms with Gasteiger partial charge >= 0.3 is 6.09 Å². The molecule has 0 fully saturated rings. The molecule has 0 saturated carbocycles. The Morgan fingerprint density at radius 3 is 2.33 bits per heavy atom. The van der Waals surface area contributed by atoms with Gasteiger partial charge in [0, 0.05) is 22.4 Å². The highest BCUT2D eigenvalue weighted by Gasteiger charge is 2.20. The molecule has 2 aromatic rings. The lowest BCUT2D eigenvalue weighted by molar-refractivity contribution is 0.187. The zero-order valence-electron chi connectivity index (χ0n) is 13.1. The third-order valence-corrected chi connectivity index (χ3v) is 3.19.